The number of aryl methyl sites for hydroxylation is 2. The number of hydrogen-bond donors (Lipinski definition) is 2. The number of aromatic amines is 1. The molecule has 1 aliphatic rings. The quantitative estimate of drug-likeness (QED) is 0.810. The topological polar surface area (TPSA) is 66.0 Å². The molecule has 0 aromatic carbocycles. The van der Waals surface area contributed by atoms with Crippen LogP contribution in [0.2, 0.25) is 0 Å². The number of aromatic carboxylic acids is 1. The Labute approximate surface area is 105 Å². The smallest absolute Gasteiger partial charge is 0.354 e. The maximum absolute atomic E-state index is 11.2. The zero-order chi connectivity index (χ0) is 12.9. The van der Waals surface area contributed by atoms with Gasteiger partial charge in [-0.25, -0.2) is 9.78 Å². The average molecular weight is 244 g/mol. The number of H-pyrrole nitrogens is 1. The van der Waals surface area contributed by atoms with E-state index >= 15 is 0 Å². The van der Waals surface area contributed by atoms with E-state index in [9.17, 15) is 4.79 Å². The molecule has 2 aromatic rings. The van der Waals surface area contributed by atoms with Crippen LogP contribution in [0.1, 0.15) is 53.0 Å². The fourth-order valence-electron chi connectivity index (χ4n) is 3.12. The predicted molar refractivity (Wildman–Crippen MR) is 69.1 cm³/mol. The highest BCUT2D eigenvalue weighted by Crippen LogP contribution is 2.38. The maximum Gasteiger partial charge on any atom is 0.354 e. The van der Waals surface area contributed by atoms with Crippen molar-refractivity contribution in [3.8, 4) is 0 Å². The van der Waals surface area contributed by atoms with Crippen LogP contribution in [-0.4, -0.2) is 21.0 Å². The Kier molecular flexibility index (Phi) is 2.40. The third kappa shape index (κ3) is 1.45. The van der Waals surface area contributed by atoms with Gasteiger partial charge in [0, 0.05) is 11.1 Å². The third-order valence-corrected chi connectivity index (χ3v) is 3.96. The van der Waals surface area contributed by atoms with Crippen LogP contribution in [0.5, 0.6) is 0 Å². The second kappa shape index (κ2) is 3.83. The third-order valence-electron chi connectivity index (χ3n) is 3.96. The highest BCUT2D eigenvalue weighted by atomic mass is 16.4. The summed E-state index contributed by atoms with van der Waals surface area (Å²) in [5.74, 6) is -0.460. The van der Waals surface area contributed by atoms with Gasteiger partial charge in [0.2, 0.25) is 0 Å². The van der Waals surface area contributed by atoms with Gasteiger partial charge in [0.25, 0.3) is 0 Å². The van der Waals surface area contributed by atoms with E-state index in [0.717, 1.165) is 22.9 Å². The normalized spacial score (nSPS) is 18.9. The van der Waals surface area contributed by atoms with Crippen molar-refractivity contribution in [3.05, 3.63) is 28.7 Å². The Balaban J connectivity index is 2.36. The van der Waals surface area contributed by atoms with Gasteiger partial charge in [0.1, 0.15) is 0 Å². The predicted octanol–water partition coefficient (Wildman–Crippen LogP) is 3.01. The molecular weight excluding hydrogens is 228 g/mol. The second-order valence-electron chi connectivity index (χ2n) is 5.14. The van der Waals surface area contributed by atoms with Crippen molar-refractivity contribution in [1.82, 2.24) is 9.97 Å². The first-order chi connectivity index (χ1) is 8.59. The Morgan fingerprint density at radius 2 is 2.33 bits per heavy atom. The van der Waals surface area contributed by atoms with Gasteiger partial charge in [0.15, 0.2) is 5.69 Å². The molecule has 0 saturated carbocycles. The molecule has 4 nitrogen and oxygen atoms in total. The minimum Gasteiger partial charge on any atom is -0.477 e. The molecule has 0 bridgehead atoms. The van der Waals surface area contributed by atoms with E-state index in [-0.39, 0.29) is 5.69 Å². The minimum absolute atomic E-state index is 0.169. The summed E-state index contributed by atoms with van der Waals surface area (Å²) in [5, 5.41) is 10.2. The molecule has 1 atom stereocenters. The van der Waals surface area contributed by atoms with Crippen molar-refractivity contribution in [1.29, 1.82) is 0 Å². The highest BCUT2D eigenvalue weighted by Gasteiger charge is 2.24. The van der Waals surface area contributed by atoms with E-state index in [1.54, 1.807) is 6.20 Å². The van der Waals surface area contributed by atoms with Crippen LogP contribution in [0.15, 0.2) is 6.20 Å². The van der Waals surface area contributed by atoms with Crippen LogP contribution >= 0.6 is 0 Å². The maximum atomic E-state index is 11.2. The largest absolute Gasteiger partial charge is 0.477 e. The van der Waals surface area contributed by atoms with Gasteiger partial charge in [-0.3, -0.25) is 0 Å². The molecule has 4 heteroatoms. The van der Waals surface area contributed by atoms with E-state index in [0.29, 0.717) is 5.92 Å². The molecule has 3 rings (SSSR count). The molecule has 0 fully saturated rings. The number of fused-ring (bicyclic) bond motifs is 3. The van der Waals surface area contributed by atoms with Crippen LogP contribution in [0, 0.1) is 6.92 Å². The molecule has 0 amide bonds. The molecule has 1 aliphatic carbocycles. The molecule has 0 aliphatic heterocycles. The fourth-order valence-corrected chi connectivity index (χ4v) is 3.12. The number of hydrogen-bond acceptors (Lipinski definition) is 2. The summed E-state index contributed by atoms with van der Waals surface area (Å²) in [4.78, 5) is 18.6. The van der Waals surface area contributed by atoms with Gasteiger partial charge < -0.3 is 10.1 Å². The summed E-state index contributed by atoms with van der Waals surface area (Å²) in [6.45, 7) is 4.07. The molecule has 2 aromatic heterocycles. The molecule has 0 spiro atoms. The summed E-state index contributed by atoms with van der Waals surface area (Å²) >= 11 is 0. The number of nitrogens with one attached hydrogen (secondary N) is 1. The van der Waals surface area contributed by atoms with E-state index in [2.05, 4.69) is 16.9 Å². The second-order valence-corrected chi connectivity index (χ2v) is 5.14. The summed E-state index contributed by atoms with van der Waals surface area (Å²) in [7, 11) is 0. The number of carboxylic acids is 1. The van der Waals surface area contributed by atoms with E-state index < -0.39 is 5.97 Å². The van der Waals surface area contributed by atoms with Crippen molar-refractivity contribution in [2.75, 3.05) is 0 Å². The van der Waals surface area contributed by atoms with Gasteiger partial charge in [-0.15, -0.1) is 0 Å². The van der Waals surface area contributed by atoms with Gasteiger partial charge >= 0.3 is 5.97 Å². The zero-order valence-corrected chi connectivity index (χ0v) is 10.6. The molecular formula is C14H16N2O2. The molecule has 18 heavy (non-hydrogen) atoms. The number of nitrogens with zero attached hydrogens (tertiary/aromatic N) is 1. The summed E-state index contributed by atoms with van der Waals surface area (Å²) in [6, 6.07) is 0. The van der Waals surface area contributed by atoms with Crippen molar-refractivity contribution in [3.63, 3.8) is 0 Å². The SMILES string of the molecule is Cc1c(C(=O)O)ncc2[nH]c3c(c12)C(C)CCC3. The first-order valence-corrected chi connectivity index (χ1v) is 6.33. The minimum atomic E-state index is -0.951. The van der Waals surface area contributed by atoms with Crippen molar-refractivity contribution in [2.24, 2.45) is 0 Å². The van der Waals surface area contributed by atoms with Crippen molar-refractivity contribution in [2.45, 2.75) is 39.0 Å². The summed E-state index contributed by atoms with van der Waals surface area (Å²) < 4.78 is 0. The van der Waals surface area contributed by atoms with Crippen molar-refractivity contribution >= 4 is 16.9 Å². The summed E-state index contributed by atoms with van der Waals surface area (Å²) in [5.41, 5.74) is 4.49. The number of carboxylic acid groups (broad SMARTS) is 1. The lowest BCUT2D eigenvalue weighted by Gasteiger charge is -2.19. The summed E-state index contributed by atoms with van der Waals surface area (Å²) in [6.07, 6.45) is 5.07. The fraction of sp³-hybridized carbons (Fsp3) is 0.429. The van der Waals surface area contributed by atoms with Crippen molar-refractivity contribution < 1.29 is 9.90 Å². The standard InChI is InChI=1S/C14H16N2O2/c1-7-4-3-5-9-11(7)12-8(2)13(14(17)18)15-6-10(12)16-9/h6-7,16H,3-5H2,1-2H3,(H,17,18). The zero-order valence-electron chi connectivity index (χ0n) is 10.6. The van der Waals surface area contributed by atoms with Gasteiger partial charge in [-0.05, 0) is 43.2 Å². The van der Waals surface area contributed by atoms with Crippen LogP contribution in [-0.2, 0) is 6.42 Å². The molecule has 0 saturated heterocycles. The monoisotopic (exact) mass is 244 g/mol. The lowest BCUT2D eigenvalue weighted by molar-refractivity contribution is 0.0690. The Morgan fingerprint density at radius 1 is 1.56 bits per heavy atom. The van der Waals surface area contributed by atoms with E-state index in [1.807, 2.05) is 6.92 Å². The van der Waals surface area contributed by atoms with Crippen LogP contribution in [0.3, 0.4) is 0 Å². The average Bonchev–Trinajstić information content (AvgIpc) is 2.69. The van der Waals surface area contributed by atoms with Gasteiger partial charge in [-0.2, -0.15) is 0 Å². The first-order valence-electron chi connectivity index (χ1n) is 6.33. The van der Waals surface area contributed by atoms with E-state index in [1.165, 1.54) is 24.1 Å². The number of rotatable bonds is 1. The van der Waals surface area contributed by atoms with Gasteiger partial charge in [-0.1, -0.05) is 6.92 Å². The molecule has 0 radical (unpaired) electrons. The Bertz CT molecular complexity index is 643. The van der Waals surface area contributed by atoms with Gasteiger partial charge in [0.05, 0.1) is 11.7 Å². The molecule has 2 N–H and O–H groups in total. The van der Waals surface area contributed by atoms with Crippen LogP contribution in [0.4, 0.5) is 0 Å². The number of aromatic nitrogens is 2. The lowest BCUT2D eigenvalue weighted by Crippen LogP contribution is -2.07. The molecule has 1 unspecified atom stereocenters. The lowest BCUT2D eigenvalue weighted by atomic mass is 9.85. The molecule has 2 heterocycles. The first kappa shape index (κ1) is 11.3. The van der Waals surface area contributed by atoms with Crippen LogP contribution in [0.25, 0.3) is 10.9 Å². The van der Waals surface area contributed by atoms with Crippen LogP contribution < -0.4 is 0 Å². The molecule has 94 valence electrons. The Hall–Kier alpha value is -1.84. The Morgan fingerprint density at radius 3 is 3.06 bits per heavy atom. The number of pyridine rings is 1. The number of carbonyl (C=O) groups is 1. The highest BCUT2D eigenvalue weighted by molar-refractivity contribution is 5.96. The van der Waals surface area contributed by atoms with E-state index in [4.69, 9.17) is 5.11 Å².